The fourth-order valence-corrected chi connectivity index (χ4v) is 1.12. The predicted octanol–water partition coefficient (Wildman–Crippen LogP) is 2.38. The molecule has 0 fully saturated rings. The lowest BCUT2D eigenvalue weighted by molar-refractivity contribution is 0.00216. The lowest BCUT2D eigenvalue weighted by Crippen LogP contribution is -1.96. The Morgan fingerprint density at radius 3 is 2.15 bits per heavy atom. The van der Waals surface area contributed by atoms with Gasteiger partial charge in [0.1, 0.15) is 0 Å². The van der Waals surface area contributed by atoms with Crippen molar-refractivity contribution in [2.24, 2.45) is 0 Å². The van der Waals surface area contributed by atoms with E-state index in [1.165, 1.54) is 25.3 Å². The summed E-state index contributed by atoms with van der Waals surface area (Å²) in [4.78, 5) is 0. The van der Waals surface area contributed by atoms with Crippen molar-refractivity contribution in [2.75, 3.05) is 0 Å². The Morgan fingerprint density at radius 2 is 1.62 bits per heavy atom. The first-order chi connectivity index (χ1) is 6.27. The zero-order valence-electron chi connectivity index (χ0n) is 8.15. The Labute approximate surface area is 80.6 Å². The van der Waals surface area contributed by atoms with Crippen LogP contribution >= 0.6 is 0 Å². The number of unbranched alkanes of at least 4 members (excludes halogenated alkanes) is 5. The molecule has 2 heteroatoms. The molecule has 0 saturated heterocycles. The lowest BCUT2D eigenvalue weighted by atomic mass is 10.1. The van der Waals surface area contributed by atoms with Gasteiger partial charge in [0.05, 0.1) is 0 Å². The van der Waals surface area contributed by atoms with Crippen LogP contribution in [0.3, 0.4) is 0 Å². The number of rotatable bonds is 8. The summed E-state index contributed by atoms with van der Waals surface area (Å²) in [5.74, 6) is 0. The van der Waals surface area contributed by atoms with E-state index in [0.29, 0.717) is 0 Å². The second-order valence-corrected chi connectivity index (χ2v) is 3.12. The van der Waals surface area contributed by atoms with E-state index in [0.717, 1.165) is 19.3 Å². The highest BCUT2D eigenvalue weighted by molar-refractivity contribution is 4.83. The highest BCUT2D eigenvalue weighted by Gasteiger charge is 1.88. The number of hydrogen-bond acceptors (Lipinski definition) is 2. The third kappa shape index (κ3) is 11.4. The van der Waals surface area contributed by atoms with Crippen molar-refractivity contribution in [3.05, 3.63) is 24.8 Å². The predicted molar refractivity (Wildman–Crippen MR) is 55.3 cm³/mol. The Kier molecular flexibility index (Phi) is 9.05. The van der Waals surface area contributed by atoms with Crippen LogP contribution in [0.5, 0.6) is 0 Å². The van der Waals surface area contributed by atoms with Gasteiger partial charge in [0.25, 0.3) is 0 Å². The van der Waals surface area contributed by atoms with Gasteiger partial charge in [0.15, 0.2) is 6.29 Å². The Balaban J connectivity index is 3.03. The number of hydrogen-bond donors (Lipinski definition) is 2. The van der Waals surface area contributed by atoms with E-state index in [1.807, 2.05) is 12.2 Å². The van der Waals surface area contributed by atoms with Crippen LogP contribution in [-0.4, -0.2) is 16.5 Å². The van der Waals surface area contributed by atoms with Crippen LogP contribution in [0.2, 0.25) is 0 Å². The van der Waals surface area contributed by atoms with Crippen LogP contribution in [0.4, 0.5) is 0 Å². The van der Waals surface area contributed by atoms with E-state index in [9.17, 15) is 0 Å². The minimum Gasteiger partial charge on any atom is -0.365 e. The minimum atomic E-state index is -1.29. The van der Waals surface area contributed by atoms with Gasteiger partial charge >= 0.3 is 0 Å². The second-order valence-electron chi connectivity index (χ2n) is 3.12. The summed E-state index contributed by atoms with van der Waals surface area (Å²) < 4.78 is 0. The van der Waals surface area contributed by atoms with Gasteiger partial charge in [0.2, 0.25) is 0 Å². The molecular weight excluding hydrogens is 164 g/mol. The Morgan fingerprint density at radius 1 is 1.00 bits per heavy atom. The standard InChI is InChI=1S/C11H20O2/c1-2-3-4-5-6-7-8-9-10-11(12)13/h2,9-13H,1,3-8H2/b10-9+. The molecule has 13 heavy (non-hydrogen) atoms. The SMILES string of the molecule is C=CCCCCCC/C=C/C(O)O. The molecule has 76 valence electrons. The van der Waals surface area contributed by atoms with Crippen molar-refractivity contribution in [1.82, 2.24) is 0 Å². The van der Waals surface area contributed by atoms with E-state index < -0.39 is 6.29 Å². The maximum atomic E-state index is 8.48. The van der Waals surface area contributed by atoms with E-state index in [-0.39, 0.29) is 0 Å². The van der Waals surface area contributed by atoms with Gasteiger partial charge in [-0.05, 0) is 31.8 Å². The van der Waals surface area contributed by atoms with E-state index >= 15 is 0 Å². The van der Waals surface area contributed by atoms with Crippen molar-refractivity contribution in [2.45, 2.75) is 44.8 Å². The fraction of sp³-hybridized carbons (Fsp3) is 0.636. The summed E-state index contributed by atoms with van der Waals surface area (Å²) in [5.41, 5.74) is 0. The number of aliphatic hydroxyl groups is 2. The van der Waals surface area contributed by atoms with Crippen molar-refractivity contribution < 1.29 is 10.2 Å². The quantitative estimate of drug-likeness (QED) is 0.345. The molecule has 0 atom stereocenters. The second kappa shape index (κ2) is 9.49. The molecule has 0 aliphatic carbocycles. The molecule has 2 nitrogen and oxygen atoms in total. The van der Waals surface area contributed by atoms with Crippen LogP contribution < -0.4 is 0 Å². The zero-order chi connectivity index (χ0) is 9.94. The maximum Gasteiger partial charge on any atom is 0.171 e. The van der Waals surface area contributed by atoms with Gasteiger partial charge in [-0.1, -0.05) is 25.0 Å². The zero-order valence-corrected chi connectivity index (χ0v) is 8.15. The molecule has 2 N–H and O–H groups in total. The largest absolute Gasteiger partial charge is 0.365 e. The minimum absolute atomic E-state index is 0.936. The number of allylic oxidation sites excluding steroid dienone is 2. The fourth-order valence-electron chi connectivity index (χ4n) is 1.12. The average molecular weight is 184 g/mol. The molecular formula is C11H20O2. The molecule has 0 radical (unpaired) electrons. The third-order valence-electron chi connectivity index (χ3n) is 1.84. The molecule has 0 aliphatic rings. The summed E-state index contributed by atoms with van der Waals surface area (Å²) >= 11 is 0. The Bertz CT molecular complexity index is 139. The molecule has 0 heterocycles. The molecule has 0 amide bonds. The van der Waals surface area contributed by atoms with Gasteiger partial charge in [-0.15, -0.1) is 6.58 Å². The molecule has 0 aromatic rings. The van der Waals surface area contributed by atoms with Gasteiger partial charge in [-0.3, -0.25) is 0 Å². The van der Waals surface area contributed by atoms with E-state index in [1.54, 1.807) is 0 Å². The third-order valence-corrected chi connectivity index (χ3v) is 1.84. The van der Waals surface area contributed by atoms with Crippen molar-refractivity contribution in [1.29, 1.82) is 0 Å². The van der Waals surface area contributed by atoms with Crippen LogP contribution in [0.15, 0.2) is 24.8 Å². The van der Waals surface area contributed by atoms with Crippen molar-refractivity contribution >= 4 is 0 Å². The van der Waals surface area contributed by atoms with Gasteiger partial charge in [0, 0.05) is 0 Å². The summed E-state index contributed by atoms with van der Waals surface area (Å²) in [5, 5.41) is 17.0. The molecule has 0 saturated carbocycles. The molecule has 0 aromatic heterocycles. The molecule has 0 bridgehead atoms. The van der Waals surface area contributed by atoms with E-state index in [2.05, 4.69) is 6.58 Å². The first-order valence-corrected chi connectivity index (χ1v) is 4.91. The summed E-state index contributed by atoms with van der Waals surface area (Å²) in [6.07, 6.45) is 10.7. The maximum absolute atomic E-state index is 8.48. The smallest absolute Gasteiger partial charge is 0.171 e. The Hall–Kier alpha value is -0.600. The monoisotopic (exact) mass is 184 g/mol. The van der Waals surface area contributed by atoms with Gasteiger partial charge < -0.3 is 10.2 Å². The van der Waals surface area contributed by atoms with Crippen molar-refractivity contribution in [3.63, 3.8) is 0 Å². The van der Waals surface area contributed by atoms with Gasteiger partial charge in [-0.25, -0.2) is 0 Å². The normalized spacial score (nSPS) is 11.3. The molecule has 0 unspecified atom stereocenters. The van der Waals surface area contributed by atoms with Crippen LogP contribution in [0.25, 0.3) is 0 Å². The van der Waals surface area contributed by atoms with Crippen LogP contribution in [0, 0.1) is 0 Å². The summed E-state index contributed by atoms with van der Waals surface area (Å²) in [7, 11) is 0. The molecule has 0 spiro atoms. The highest BCUT2D eigenvalue weighted by Crippen LogP contribution is 2.05. The molecule has 0 aliphatic heterocycles. The summed E-state index contributed by atoms with van der Waals surface area (Å²) in [6.45, 7) is 3.66. The molecule has 0 aromatic carbocycles. The van der Waals surface area contributed by atoms with E-state index in [4.69, 9.17) is 10.2 Å². The number of aliphatic hydroxyl groups excluding tert-OH is 1. The average Bonchev–Trinajstić information content (AvgIpc) is 2.09. The first kappa shape index (κ1) is 12.4. The topological polar surface area (TPSA) is 40.5 Å². The first-order valence-electron chi connectivity index (χ1n) is 4.91. The van der Waals surface area contributed by atoms with Gasteiger partial charge in [-0.2, -0.15) is 0 Å². The van der Waals surface area contributed by atoms with Crippen molar-refractivity contribution in [3.8, 4) is 0 Å². The van der Waals surface area contributed by atoms with Crippen LogP contribution in [0.1, 0.15) is 38.5 Å². The van der Waals surface area contributed by atoms with Crippen LogP contribution in [-0.2, 0) is 0 Å². The summed E-state index contributed by atoms with van der Waals surface area (Å²) in [6, 6.07) is 0. The molecule has 0 rings (SSSR count). The lowest BCUT2D eigenvalue weighted by Gasteiger charge is -1.97. The highest BCUT2D eigenvalue weighted by atomic mass is 16.5.